The normalized spacial score (nSPS) is 18.5. The van der Waals surface area contributed by atoms with Crippen LogP contribution in [0.5, 0.6) is 0 Å². The molecule has 0 radical (unpaired) electrons. The number of hydrogen-bond donors (Lipinski definition) is 0. The second-order valence-electron chi connectivity index (χ2n) is 5.52. The van der Waals surface area contributed by atoms with Gasteiger partial charge in [-0.15, -0.1) is 0 Å². The van der Waals surface area contributed by atoms with Crippen LogP contribution in [0, 0.1) is 6.92 Å². The van der Waals surface area contributed by atoms with E-state index < -0.39 is 0 Å². The second-order valence-corrected chi connectivity index (χ2v) is 5.52. The third kappa shape index (κ3) is 2.90. The Morgan fingerprint density at radius 1 is 1.45 bits per heavy atom. The summed E-state index contributed by atoms with van der Waals surface area (Å²) in [7, 11) is 1.40. The summed E-state index contributed by atoms with van der Waals surface area (Å²) < 4.78 is 10.4. The van der Waals surface area contributed by atoms with Gasteiger partial charge in [-0.25, -0.2) is 0 Å². The number of pyridine rings is 1. The van der Waals surface area contributed by atoms with Crippen LogP contribution in [0.15, 0.2) is 30.5 Å². The number of carbonyl (C=O) groups excluding carboxylic acids is 1. The van der Waals surface area contributed by atoms with Crippen molar-refractivity contribution in [1.82, 2.24) is 4.98 Å². The monoisotopic (exact) mass is 300 g/mol. The van der Waals surface area contributed by atoms with Gasteiger partial charge in [0.25, 0.3) is 0 Å². The fourth-order valence-corrected chi connectivity index (χ4v) is 2.92. The third-order valence-corrected chi connectivity index (χ3v) is 4.05. The van der Waals surface area contributed by atoms with Gasteiger partial charge in [-0.3, -0.25) is 9.78 Å². The van der Waals surface area contributed by atoms with Crippen molar-refractivity contribution in [2.75, 3.05) is 31.7 Å². The molecule has 5 nitrogen and oxygen atoms in total. The Morgan fingerprint density at radius 3 is 3.14 bits per heavy atom. The van der Waals surface area contributed by atoms with Crippen molar-refractivity contribution in [1.29, 1.82) is 0 Å². The number of anilines is 1. The molecule has 2 aromatic rings. The van der Waals surface area contributed by atoms with Crippen LogP contribution in [0.4, 0.5) is 5.69 Å². The number of methoxy groups -OCH3 is 1. The molecule has 1 saturated heterocycles. The summed E-state index contributed by atoms with van der Waals surface area (Å²) in [4.78, 5) is 18.2. The molecule has 1 unspecified atom stereocenters. The number of ether oxygens (including phenoxy) is 2. The first-order chi connectivity index (χ1) is 10.7. The van der Waals surface area contributed by atoms with Crippen molar-refractivity contribution in [2.24, 2.45) is 0 Å². The average molecular weight is 300 g/mol. The Kier molecular flexibility index (Phi) is 4.24. The Labute approximate surface area is 129 Å². The maximum absolute atomic E-state index is 11.4. The lowest BCUT2D eigenvalue weighted by atomic mass is 10.1. The molecule has 22 heavy (non-hydrogen) atoms. The average Bonchev–Trinajstić information content (AvgIpc) is 2.55. The van der Waals surface area contributed by atoms with Crippen molar-refractivity contribution in [3.63, 3.8) is 0 Å². The van der Waals surface area contributed by atoms with E-state index in [4.69, 9.17) is 9.47 Å². The first-order valence-electron chi connectivity index (χ1n) is 7.46. The molecule has 0 aliphatic carbocycles. The van der Waals surface area contributed by atoms with Gasteiger partial charge in [0.15, 0.2) is 0 Å². The summed E-state index contributed by atoms with van der Waals surface area (Å²) in [6.07, 6.45) is 2.00. The van der Waals surface area contributed by atoms with E-state index in [2.05, 4.69) is 35.0 Å². The van der Waals surface area contributed by atoms with Crippen molar-refractivity contribution in [2.45, 2.75) is 19.4 Å². The summed E-state index contributed by atoms with van der Waals surface area (Å²) >= 11 is 0. The third-order valence-electron chi connectivity index (χ3n) is 4.05. The molecule has 0 N–H and O–H groups in total. The minimum Gasteiger partial charge on any atom is -0.469 e. The number of hydrogen-bond acceptors (Lipinski definition) is 5. The number of aryl methyl sites for hydroxylation is 1. The zero-order valence-electron chi connectivity index (χ0n) is 12.9. The minimum absolute atomic E-state index is 0.130. The maximum Gasteiger partial charge on any atom is 0.308 e. The highest BCUT2D eigenvalue weighted by molar-refractivity contribution is 5.93. The summed E-state index contributed by atoms with van der Waals surface area (Å²) in [5.41, 5.74) is 3.33. The van der Waals surface area contributed by atoms with E-state index in [1.807, 2.05) is 12.3 Å². The Morgan fingerprint density at radius 2 is 2.32 bits per heavy atom. The van der Waals surface area contributed by atoms with Crippen molar-refractivity contribution in [3.8, 4) is 0 Å². The molecule has 0 amide bonds. The van der Waals surface area contributed by atoms with Crippen LogP contribution in [0.3, 0.4) is 0 Å². The van der Waals surface area contributed by atoms with E-state index in [0.717, 1.165) is 23.1 Å². The van der Waals surface area contributed by atoms with E-state index in [1.54, 1.807) is 0 Å². The lowest BCUT2D eigenvalue weighted by Crippen LogP contribution is -2.43. The highest BCUT2D eigenvalue weighted by atomic mass is 16.5. The second kappa shape index (κ2) is 6.32. The van der Waals surface area contributed by atoms with Crippen LogP contribution < -0.4 is 4.90 Å². The molecule has 116 valence electrons. The van der Waals surface area contributed by atoms with Gasteiger partial charge in [0.05, 0.1) is 31.8 Å². The molecule has 0 bridgehead atoms. The Balaban J connectivity index is 1.87. The highest BCUT2D eigenvalue weighted by Crippen LogP contribution is 2.28. The van der Waals surface area contributed by atoms with E-state index in [9.17, 15) is 4.79 Å². The molecule has 1 aromatic carbocycles. The minimum atomic E-state index is -0.234. The molecule has 2 heterocycles. The van der Waals surface area contributed by atoms with E-state index in [0.29, 0.717) is 13.2 Å². The molecule has 5 heteroatoms. The van der Waals surface area contributed by atoms with Crippen LogP contribution in [0.25, 0.3) is 10.9 Å². The molecule has 1 fully saturated rings. The van der Waals surface area contributed by atoms with Gasteiger partial charge >= 0.3 is 5.97 Å². The number of morpholine rings is 1. The number of fused-ring (bicyclic) bond motifs is 1. The number of benzene rings is 1. The SMILES string of the molecule is COC(=O)CC1CN(c2ccnc3c(C)cccc23)CCO1. The predicted molar refractivity (Wildman–Crippen MR) is 85.1 cm³/mol. The summed E-state index contributed by atoms with van der Waals surface area (Å²) in [5.74, 6) is -0.234. The van der Waals surface area contributed by atoms with Crippen LogP contribution in [-0.2, 0) is 14.3 Å². The fraction of sp³-hybridized carbons (Fsp3) is 0.412. The Bertz CT molecular complexity index is 687. The summed E-state index contributed by atoms with van der Waals surface area (Å²) in [6.45, 7) is 4.17. The molecular weight excluding hydrogens is 280 g/mol. The van der Waals surface area contributed by atoms with E-state index >= 15 is 0 Å². The largest absolute Gasteiger partial charge is 0.469 e. The molecule has 1 atom stereocenters. The van der Waals surface area contributed by atoms with Crippen LogP contribution in [0.1, 0.15) is 12.0 Å². The van der Waals surface area contributed by atoms with Gasteiger partial charge in [-0.05, 0) is 18.6 Å². The zero-order chi connectivity index (χ0) is 15.5. The molecule has 1 aromatic heterocycles. The maximum atomic E-state index is 11.4. The highest BCUT2D eigenvalue weighted by Gasteiger charge is 2.24. The quantitative estimate of drug-likeness (QED) is 0.814. The van der Waals surface area contributed by atoms with Gasteiger partial charge in [0, 0.05) is 30.4 Å². The fourth-order valence-electron chi connectivity index (χ4n) is 2.92. The number of rotatable bonds is 3. The van der Waals surface area contributed by atoms with Crippen LogP contribution in [0.2, 0.25) is 0 Å². The van der Waals surface area contributed by atoms with Gasteiger partial charge in [-0.1, -0.05) is 18.2 Å². The smallest absolute Gasteiger partial charge is 0.308 e. The standard InChI is InChI=1S/C17H20N2O3/c1-12-4-3-5-14-15(6-7-18-17(12)14)19-8-9-22-13(11-19)10-16(20)21-2/h3-7,13H,8-11H2,1-2H3. The molecule has 3 rings (SSSR count). The zero-order valence-corrected chi connectivity index (χ0v) is 12.9. The van der Waals surface area contributed by atoms with Gasteiger partial charge in [0.2, 0.25) is 0 Å². The topological polar surface area (TPSA) is 51.7 Å². The van der Waals surface area contributed by atoms with Crippen molar-refractivity contribution >= 4 is 22.6 Å². The lowest BCUT2D eigenvalue weighted by Gasteiger charge is -2.34. The number of nitrogens with zero attached hydrogens (tertiary/aromatic N) is 2. The molecule has 1 aliphatic rings. The van der Waals surface area contributed by atoms with Crippen LogP contribution in [-0.4, -0.2) is 43.9 Å². The van der Waals surface area contributed by atoms with E-state index in [1.165, 1.54) is 12.7 Å². The summed E-state index contributed by atoms with van der Waals surface area (Å²) in [5, 5.41) is 1.14. The lowest BCUT2D eigenvalue weighted by molar-refractivity contribution is -0.144. The van der Waals surface area contributed by atoms with Crippen LogP contribution >= 0.6 is 0 Å². The molecular formula is C17H20N2O3. The number of para-hydroxylation sites is 1. The number of carbonyl (C=O) groups is 1. The predicted octanol–water partition coefficient (Wildman–Crippen LogP) is 2.31. The molecule has 1 aliphatic heterocycles. The van der Waals surface area contributed by atoms with Gasteiger partial charge < -0.3 is 14.4 Å². The van der Waals surface area contributed by atoms with E-state index in [-0.39, 0.29) is 18.5 Å². The van der Waals surface area contributed by atoms with Crippen molar-refractivity contribution < 1.29 is 14.3 Å². The molecule has 0 saturated carbocycles. The first kappa shape index (κ1) is 14.8. The summed E-state index contributed by atoms with van der Waals surface area (Å²) in [6, 6.07) is 8.24. The Hall–Kier alpha value is -2.14. The number of esters is 1. The van der Waals surface area contributed by atoms with Crippen molar-refractivity contribution in [3.05, 3.63) is 36.0 Å². The van der Waals surface area contributed by atoms with Gasteiger partial charge in [0.1, 0.15) is 0 Å². The van der Waals surface area contributed by atoms with Gasteiger partial charge in [-0.2, -0.15) is 0 Å². The molecule has 0 spiro atoms. The first-order valence-corrected chi connectivity index (χ1v) is 7.46. The number of aromatic nitrogens is 1.